The third kappa shape index (κ3) is 0.910. The molecule has 0 saturated carbocycles. The summed E-state index contributed by atoms with van der Waals surface area (Å²) >= 11 is 0. The Hall–Kier alpha value is -1.22. The van der Waals surface area contributed by atoms with Gasteiger partial charge in [0.25, 0.3) is 0 Å². The quantitative estimate of drug-likeness (QED) is 0.466. The van der Waals surface area contributed by atoms with E-state index in [1.54, 1.807) is 0 Å². The van der Waals surface area contributed by atoms with Crippen LogP contribution in [0.1, 0.15) is 0 Å². The Balaban J connectivity index is 2.99. The first-order chi connectivity index (χ1) is 4.63. The summed E-state index contributed by atoms with van der Waals surface area (Å²) in [5.74, 6) is -0.743. The maximum atomic E-state index is 9.00. The van der Waals surface area contributed by atoms with Gasteiger partial charge in [-0.1, -0.05) is 12.7 Å². The monoisotopic (exact) mass is 140 g/mol. The maximum Gasteiger partial charge on any atom is 0.167 e. The molecule has 54 valence electrons. The molecular formula is C7H8O3. The molecule has 1 aliphatic rings. The summed E-state index contributed by atoms with van der Waals surface area (Å²) in [5, 5.41) is 26.7. The van der Waals surface area contributed by atoms with E-state index < -0.39 is 11.9 Å². The van der Waals surface area contributed by atoms with Gasteiger partial charge in [0.1, 0.15) is 6.10 Å². The SMILES string of the molecule is C=C1C=CC(O)=C(O)C1O. The van der Waals surface area contributed by atoms with Crippen molar-refractivity contribution in [2.45, 2.75) is 6.10 Å². The minimum Gasteiger partial charge on any atom is -0.506 e. The van der Waals surface area contributed by atoms with Crippen LogP contribution in [0.15, 0.2) is 35.8 Å². The summed E-state index contributed by atoms with van der Waals surface area (Å²) in [6, 6.07) is 0. The molecule has 1 unspecified atom stereocenters. The summed E-state index contributed by atoms with van der Waals surface area (Å²) in [7, 11) is 0. The van der Waals surface area contributed by atoms with E-state index in [1.807, 2.05) is 0 Å². The van der Waals surface area contributed by atoms with Gasteiger partial charge in [-0.25, -0.2) is 0 Å². The Morgan fingerprint density at radius 2 is 1.90 bits per heavy atom. The fourth-order valence-electron chi connectivity index (χ4n) is 0.678. The summed E-state index contributed by atoms with van der Waals surface area (Å²) in [5.41, 5.74) is 0.371. The number of allylic oxidation sites excluding steroid dienone is 1. The molecule has 0 aromatic carbocycles. The van der Waals surface area contributed by atoms with Crippen LogP contribution in [-0.4, -0.2) is 21.4 Å². The fraction of sp³-hybridized carbons (Fsp3) is 0.143. The molecule has 0 aromatic rings. The highest BCUT2D eigenvalue weighted by Gasteiger charge is 2.18. The van der Waals surface area contributed by atoms with Gasteiger partial charge in [0.05, 0.1) is 0 Å². The highest BCUT2D eigenvalue weighted by molar-refractivity contribution is 5.37. The number of aliphatic hydroxyl groups excluding tert-OH is 3. The van der Waals surface area contributed by atoms with Crippen molar-refractivity contribution >= 4 is 0 Å². The van der Waals surface area contributed by atoms with Gasteiger partial charge >= 0.3 is 0 Å². The molecule has 3 N–H and O–H groups in total. The second kappa shape index (κ2) is 2.19. The minimum absolute atomic E-state index is 0.306. The smallest absolute Gasteiger partial charge is 0.167 e. The number of hydrogen-bond donors (Lipinski definition) is 3. The average Bonchev–Trinajstić information content (AvgIpc) is 1.93. The van der Waals surface area contributed by atoms with Gasteiger partial charge in [0.2, 0.25) is 0 Å². The minimum atomic E-state index is -1.15. The Kier molecular flexibility index (Phi) is 1.51. The second-order valence-corrected chi connectivity index (χ2v) is 2.08. The van der Waals surface area contributed by atoms with E-state index in [9.17, 15) is 0 Å². The van der Waals surface area contributed by atoms with Gasteiger partial charge in [0, 0.05) is 0 Å². The highest BCUT2D eigenvalue weighted by Crippen LogP contribution is 2.18. The lowest BCUT2D eigenvalue weighted by Crippen LogP contribution is -2.16. The van der Waals surface area contributed by atoms with Gasteiger partial charge < -0.3 is 15.3 Å². The third-order valence-electron chi connectivity index (χ3n) is 1.33. The molecule has 0 saturated heterocycles. The molecule has 1 atom stereocenters. The van der Waals surface area contributed by atoms with Gasteiger partial charge in [-0.05, 0) is 11.6 Å². The van der Waals surface area contributed by atoms with Crippen LogP contribution >= 0.6 is 0 Å². The predicted octanol–water partition coefficient (Wildman–Crippen LogP) is 0.801. The van der Waals surface area contributed by atoms with Crippen molar-refractivity contribution < 1.29 is 15.3 Å². The summed E-state index contributed by atoms with van der Waals surface area (Å²) in [4.78, 5) is 0. The molecule has 0 fully saturated rings. The van der Waals surface area contributed by atoms with Crippen molar-refractivity contribution in [2.24, 2.45) is 0 Å². The third-order valence-corrected chi connectivity index (χ3v) is 1.33. The van der Waals surface area contributed by atoms with Crippen molar-refractivity contribution in [3.63, 3.8) is 0 Å². The molecule has 3 heteroatoms. The summed E-state index contributed by atoms with van der Waals surface area (Å²) < 4.78 is 0. The number of rotatable bonds is 0. The molecule has 0 aromatic heterocycles. The summed E-state index contributed by atoms with van der Waals surface area (Å²) in [6.45, 7) is 3.44. The summed E-state index contributed by atoms with van der Waals surface area (Å²) in [6.07, 6.45) is 1.58. The first kappa shape index (κ1) is 6.89. The van der Waals surface area contributed by atoms with Crippen LogP contribution < -0.4 is 0 Å². The van der Waals surface area contributed by atoms with E-state index in [2.05, 4.69) is 6.58 Å². The number of aliphatic hydroxyl groups is 3. The first-order valence-corrected chi connectivity index (χ1v) is 2.80. The highest BCUT2D eigenvalue weighted by atomic mass is 16.3. The zero-order chi connectivity index (χ0) is 7.72. The van der Waals surface area contributed by atoms with Gasteiger partial charge in [-0.15, -0.1) is 0 Å². The molecule has 0 amide bonds. The lowest BCUT2D eigenvalue weighted by molar-refractivity contribution is 0.169. The average molecular weight is 140 g/mol. The lowest BCUT2D eigenvalue weighted by Gasteiger charge is -2.14. The standard InChI is InChI=1S/C7H8O3/c1-4-2-3-5(8)7(10)6(4)9/h2-3,6,8-10H,1H2. The Bertz CT molecular complexity index is 225. The van der Waals surface area contributed by atoms with Gasteiger partial charge in [-0.2, -0.15) is 0 Å². The normalized spacial score (nSPS) is 25.7. The van der Waals surface area contributed by atoms with Crippen molar-refractivity contribution in [3.05, 3.63) is 35.8 Å². The Morgan fingerprint density at radius 1 is 1.30 bits per heavy atom. The van der Waals surface area contributed by atoms with Crippen LogP contribution in [0.3, 0.4) is 0 Å². The fourth-order valence-corrected chi connectivity index (χ4v) is 0.678. The van der Waals surface area contributed by atoms with E-state index in [1.165, 1.54) is 12.2 Å². The zero-order valence-electron chi connectivity index (χ0n) is 5.28. The Morgan fingerprint density at radius 3 is 2.40 bits per heavy atom. The molecule has 3 nitrogen and oxygen atoms in total. The van der Waals surface area contributed by atoms with Crippen molar-refractivity contribution in [1.82, 2.24) is 0 Å². The van der Waals surface area contributed by atoms with Crippen molar-refractivity contribution in [3.8, 4) is 0 Å². The molecule has 0 bridgehead atoms. The van der Waals surface area contributed by atoms with Gasteiger partial charge in [0.15, 0.2) is 11.5 Å². The van der Waals surface area contributed by atoms with E-state index in [0.717, 1.165) is 0 Å². The topological polar surface area (TPSA) is 60.7 Å². The van der Waals surface area contributed by atoms with Crippen LogP contribution in [0.4, 0.5) is 0 Å². The van der Waals surface area contributed by atoms with Crippen LogP contribution in [0.2, 0.25) is 0 Å². The van der Waals surface area contributed by atoms with Crippen molar-refractivity contribution in [2.75, 3.05) is 0 Å². The largest absolute Gasteiger partial charge is 0.506 e. The zero-order valence-corrected chi connectivity index (χ0v) is 5.28. The van der Waals surface area contributed by atoms with Crippen LogP contribution in [0, 0.1) is 0 Å². The van der Waals surface area contributed by atoms with E-state index in [4.69, 9.17) is 15.3 Å². The van der Waals surface area contributed by atoms with Crippen molar-refractivity contribution in [1.29, 1.82) is 0 Å². The Labute approximate surface area is 58.2 Å². The van der Waals surface area contributed by atoms with E-state index in [-0.39, 0.29) is 5.76 Å². The van der Waals surface area contributed by atoms with E-state index >= 15 is 0 Å². The lowest BCUT2D eigenvalue weighted by atomic mass is 10.0. The maximum absolute atomic E-state index is 9.00. The van der Waals surface area contributed by atoms with Gasteiger partial charge in [-0.3, -0.25) is 0 Å². The molecule has 0 heterocycles. The molecule has 0 aliphatic heterocycles. The molecule has 10 heavy (non-hydrogen) atoms. The molecular weight excluding hydrogens is 132 g/mol. The first-order valence-electron chi connectivity index (χ1n) is 2.80. The molecule has 0 spiro atoms. The number of hydrogen-bond acceptors (Lipinski definition) is 3. The predicted molar refractivity (Wildman–Crippen MR) is 36.6 cm³/mol. The molecule has 1 aliphatic carbocycles. The second-order valence-electron chi connectivity index (χ2n) is 2.08. The van der Waals surface area contributed by atoms with Crippen LogP contribution in [-0.2, 0) is 0 Å². The molecule has 1 rings (SSSR count). The molecule has 0 radical (unpaired) electrons. The van der Waals surface area contributed by atoms with Crippen LogP contribution in [0.25, 0.3) is 0 Å². The van der Waals surface area contributed by atoms with E-state index in [0.29, 0.717) is 5.57 Å². The van der Waals surface area contributed by atoms with Crippen LogP contribution in [0.5, 0.6) is 0 Å².